The van der Waals surface area contributed by atoms with E-state index in [1.165, 1.54) is 0 Å². The van der Waals surface area contributed by atoms with E-state index in [1.54, 1.807) is 13.3 Å². The van der Waals surface area contributed by atoms with Crippen molar-refractivity contribution in [1.29, 1.82) is 0 Å². The zero-order valence-electron chi connectivity index (χ0n) is 13.4. The number of aryl methyl sites for hydroxylation is 1. The number of ether oxygens (including phenoxy) is 2. The third-order valence-corrected chi connectivity index (χ3v) is 3.52. The molecule has 0 saturated carbocycles. The maximum Gasteiger partial charge on any atom is 0.179 e. The Balaban J connectivity index is 0.00000264. The molecule has 2 aromatic rings. The van der Waals surface area contributed by atoms with Crippen molar-refractivity contribution < 1.29 is 21.9 Å². The van der Waals surface area contributed by atoms with Crippen LogP contribution in [-0.2, 0) is 13.1 Å². The summed E-state index contributed by atoms with van der Waals surface area (Å²) < 4.78 is 12.9. The first-order valence-electron chi connectivity index (χ1n) is 7.40. The summed E-state index contributed by atoms with van der Waals surface area (Å²) in [6, 6.07) is 3.87. The average molecular weight is 359 g/mol. The van der Waals surface area contributed by atoms with Crippen LogP contribution in [0.3, 0.4) is 0 Å². The van der Waals surface area contributed by atoms with E-state index >= 15 is 0 Å². The summed E-state index contributed by atoms with van der Waals surface area (Å²) in [4.78, 5) is 4.02. The van der Waals surface area contributed by atoms with E-state index in [2.05, 4.69) is 14.9 Å². The second-order valence-electron chi connectivity index (χ2n) is 4.87. The van der Waals surface area contributed by atoms with Crippen LogP contribution in [0, 0.1) is 0 Å². The van der Waals surface area contributed by atoms with E-state index in [9.17, 15) is 0 Å². The fraction of sp³-hybridized carbons (Fsp3) is 0.438. The molecule has 0 atom stereocenters. The molecule has 5 nitrogen and oxygen atoms in total. The lowest BCUT2D eigenvalue weighted by Crippen LogP contribution is -3.00. The highest BCUT2D eigenvalue weighted by Gasteiger charge is 2.11. The Morgan fingerprint density at radius 3 is 2.83 bits per heavy atom. The molecular weight excluding hydrogens is 337 g/mol. The number of rotatable bonds is 9. The zero-order chi connectivity index (χ0) is 15.8. The topological polar surface area (TPSA) is 48.3 Å². The molecule has 0 aliphatic rings. The molecular formula is C16H22Cl2N3O2-. The van der Waals surface area contributed by atoms with Gasteiger partial charge in [0.2, 0.25) is 0 Å². The van der Waals surface area contributed by atoms with E-state index in [0.717, 1.165) is 31.6 Å². The standard InChI is InChI=1S/C16H22ClN3O2.ClH/c1-3-22-16-14(17)9-13(10-15(16)21-2)11-18-5-4-7-20-8-6-19-12-20;/h6,8-10,12,18H,3-5,7,11H2,1-2H3;1H/p-1. The van der Waals surface area contributed by atoms with E-state index in [-0.39, 0.29) is 12.4 Å². The number of hydrogen-bond donors (Lipinski definition) is 1. The molecule has 23 heavy (non-hydrogen) atoms. The second-order valence-corrected chi connectivity index (χ2v) is 5.28. The fourth-order valence-corrected chi connectivity index (χ4v) is 2.49. The number of benzene rings is 1. The zero-order valence-corrected chi connectivity index (χ0v) is 14.9. The van der Waals surface area contributed by atoms with E-state index in [4.69, 9.17) is 21.1 Å². The third-order valence-electron chi connectivity index (χ3n) is 3.24. The summed E-state index contributed by atoms with van der Waals surface area (Å²) >= 11 is 6.26. The van der Waals surface area contributed by atoms with Crippen LogP contribution >= 0.6 is 11.6 Å². The highest BCUT2D eigenvalue weighted by Crippen LogP contribution is 2.36. The summed E-state index contributed by atoms with van der Waals surface area (Å²) in [7, 11) is 1.62. The van der Waals surface area contributed by atoms with Crippen molar-refractivity contribution in [3.05, 3.63) is 41.4 Å². The molecule has 0 radical (unpaired) electrons. The first-order chi connectivity index (χ1) is 10.7. The van der Waals surface area contributed by atoms with Crippen LogP contribution in [0.25, 0.3) is 0 Å². The number of hydrogen-bond acceptors (Lipinski definition) is 4. The van der Waals surface area contributed by atoms with E-state index in [0.29, 0.717) is 23.1 Å². The van der Waals surface area contributed by atoms with E-state index in [1.807, 2.05) is 31.6 Å². The van der Waals surface area contributed by atoms with Gasteiger partial charge in [-0.15, -0.1) is 0 Å². The number of halogens is 2. The Bertz CT molecular complexity index is 577. The van der Waals surface area contributed by atoms with Crippen LogP contribution in [0.2, 0.25) is 5.02 Å². The largest absolute Gasteiger partial charge is 1.00 e. The molecule has 0 saturated heterocycles. The van der Waals surface area contributed by atoms with Gasteiger partial charge in [-0.25, -0.2) is 4.98 Å². The van der Waals surface area contributed by atoms with Crippen molar-refractivity contribution >= 4 is 11.6 Å². The van der Waals surface area contributed by atoms with Gasteiger partial charge in [0.1, 0.15) is 0 Å². The second kappa shape index (κ2) is 10.4. The molecule has 0 aliphatic heterocycles. The van der Waals surface area contributed by atoms with Crippen LogP contribution in [0.15, 0.2) is 30.9 Å². The lowest BCUT2D eigenvalue weighted by molar-refractivity contribution is -0.00000530. The molecule has 0 bridgehead atoms. The van der Waals surface area contributed by atoms with Crippen molar-refractivity contribution in [2.24, 2.45) is 0 Å². The molecule has 1 aromatic carbocycles. The van der Waals surface area contributed by atoms with Gasteiger partial charge in [-0.2, -0.15) is 0 Å². The Labute approximate surface area is 148 Å². The minimum atomic E-state index is 0. The monoisotopic (exact) mass is 358 g/mol. The van der Waals surface area contributed by atoms with Crippen LogP contribution in [0.4, 0.5) is 0 Å². The summed E-state index contributed by atoms with van der Waals surface area (Å²) in [5, 5.41) is 3.99. The van der Waals surface area contributed by atoms with Crippen molar-refractivity contribution in [3.8, 4) is 11.5 Å². The molecule has 0 amide bonds. The average Bonchev–Trinajstić information content (AvgIpc) is 3.02. The van der Waals surface area contributed by atoms with Crippen molar-refractivity contribution in [3.63, 3.8) is 0 Å². The molecule has 0 spiro atoms. The normalized spacial score (nSPS) is 10.2. The lowest BCUT2D eigenvalue weighted by atomic mass is 10.2. The summed E-state index contributed by atoms with van der Waals surface area (Å²) in [6.07, 6.45) is 6.63. The number of nitrogens with zero attached hydrogens (tertiary/aromatic N) is 2. The van der Waals surface area contributed by atoms with Gasteiger partial charge in [0.15, 0.2) is 11.5 Å². The molecule has 7 heteroatoms. The van der Waals surface area contributed by atoms with Gasteiger partial charge in [0, 0.05) is 25.5 Å². The van der Waals surface area contributed by atoms with Gasteiger partial charge >= 0.3 is 0 Å². The molecule has 0 fully saturated rings. The quantitative estimate of drug-likeness (QED) is 0.647. The van der Waals surface area contributed by atoms with Crippen LogP contribution < -0.4 is 27.2 Å². The van der Waals surface area contributed by atoms with Gasteiger partial charge in [-0.3, -0.25) is 0 Å². The van der Waals surface area contributed by atoms with Gasteiger partial charge < -0.3 is 31.8 Å². The predicted octanol–water partition coefficient (Wildman–Crippen LogP) is 0.128. The Kier molecular flexibility index (Phi) is 8.84. The van der Waals surface area contributed by atoms with Gasteiger partial charge in [0.25, 0.3) is 0 Å². The van der Waals surface area contributed by atoms with Crippen molar-refractivity contribution in [1.82, 2.24) is 14.9 Å². The maximum absolute atomic E-state index is 6.26. The number of imidazole rings is 1. The predicted molar refractivity (Wildman–Crippen MR) is 87.7 cm³/mol. The van der Waals surface area contributed by atoms with Crippen molar-refractivity contribution in [2.75, 3.05) is 20.3 Å². The Morgan fingerprint density at radius 2 is 2.17 bits per heavy atom. The van der Waals surface area contributed by atoms with Crippen LogP contribution in [0.1, 0.15) is 18.9 Å². The molecule has 1 N–H and O–H groups in total. The first kappa shape index (κ1) is 19.6. The SMILES string of the molecule is CCOc1c(Cl)cc(CNCCCn2ccnc2)cc1OC.[Cl-]. The highest BCUT2D eigenvalue weighted by atomic mass is 35.5. The molecule has 1 aromatic heterocycles. The molecule has 2 rings (SSSR count). The highest BCUT2D eigenvalue weighted by molar-refractivity contribution is 6.32. The summed E-state index contributed by atoms with van der Waals surface area (Å²) in [5.41, 5.74) is 1.08. The fourth-order valence-electron chi connectivity index (χ4n) is 2.20. The van der Waals surface area contributed by atoms with Gasteiger partial charge in [-0.1, -0.05) is 11.6 Å². The van der Waals surface area contributed by atoms with E-state index < -0.39 is 0 Å². The van der Waals surface area contributed by atoms with Crippen LogP contribution in [-0.4, -0.2) is 29.8 Å². The number of methoxy groups -OCH3 is 1. The molecule has 0 unspecified atom stereocenters. The number of nitrogens with one attached hydrogen (secondary N) is 1. The minimum Gasteiger partial charge on any atom is -1.00 e. The minimum absolute atomic E-state index is 0. The first-order valence-corrected chi connectivity index (χ1v) is 7.78. The number of aromatic nitrogens is 2. The molecule has 1 heterocycles. The smallest absolute Gasteiger partial charge is 0.179 e. The van der Waals surface area contributed by atoms with Crippen LogP contribution in [0.5, 0.6) is 11.5 Å². The maximum atomic E-state index is 6.26. The van der Waals surface area contributed by atoms with Gasteiger partial charge in [0.05, 0.1) is 25.1 Å². The third kappa shape index (κ3) is 5.94. The Morgan fingerprint density at radius 1 is 1.35 bits per heavy atom. The summed E-state index contributed by atoms with van der Waals surface area (Å²) in [5.74, 6) is 1.28. The summed E-state index contributed by atoms with van der Waals surface area (Å²) in [6.45, 7) is 5.10. The Hall–Kier alpha value is -1.43. The van der Waals surface area contributed by atoms with Crippen molar-refractivity contribution in [2.45, 2.75) is 26.4 Å². The molecule has 128 valence electrons. The lowest BCUT2D eigenvalue weighted by Gasteiger charge is -2.13. The van der Waals surface area contributed by atoms with Gasteiger partial charge in [-0.05, 0) is 37.6 Å². The molecule has 0 aliphatic carbocycles.